The summed E-state index contributed by atoms with van der Waals surface area (Å²) in [6.07, 6.45) is 1.45. The number of amides is 1. The molecule has 7 heteroatoms. The van der Waals surface area contributed by atoms with Crippen LogP contribution in [0.15, 0.2) is 34.9 Å². The maximum Gasteiger partial charge on any atom is 0.257 e. The van der Waals surface area contributed by atoms with Gasteiger partial charge in [-0.3, -0.25) is 4.79 Å². The maximum atomic E-state index is 12.1. The van der Waals surface area contributed by atoms with Crippen LogP contribution in [0.3, 0.4) is 0 Å². The second-order valence-electron chi connectivity index (χ2n) is 3.55. The number of carbonyl (C=O) groups is 1. The molecule has 0 fully saturated rings. The summed E-state index contributed by atoms with van der Waals surface area (Å²) in [7, 11) is 0. The van der Waals surface area contributed by atoms with Gasteiger partial charge in [-0.15, -0.1) is 0 Å². The van der Waals surface area contributed by atoms with Gasteiger partial charge in [0.1, 0.15) is 5.15 Å². The molecular weight excluding hydrogens is 374 g/mol. The molecule has 2 aromatic rings. The number of halogens is 4. The number of rotatable bonds is 2. The molecule has 0 aliphatic rings. The van der Waals surface area contributed by atoms with Crippen LogP contribution in [0, 0.1) is 0 Å². The molecule has 19 heavy (non-hydrogen) atoms. The molecule has 0 radical (unpaired) electrons. The summed E-state index contributed by atoms with van der Waals surface area (Å²) in [5.74, 6) is -0.372. The van der Waals surface area contributed by atoms with Gasteiger partial charge in [-0.1, -0.05) is 40.9 Å². The van der Waals surface area contributed by atoms with Gasteiger partial charge in [0.15, 0.2) is 0 Å². The molecule has 0 bridgehead atoms. The topological polar surface area (TPSA) is 42.0 Å². The Kier molecular flexibility index (Phi) is 4.68. The van der Waals surface area contributed by atoms with E-state index in [2.05, 4.69) is 26.2 Å². The molecule has 0 saturated carbocycles. The molecular formula is C12H6BrCl3N2O. The molecule has 1 heterocycles. The minimum atomic E-state index is -0.372. The average Bonchev–Trinajstić information content (AvgIpc) is 2.37. The van der Waals surface area contributed by atoms with E-state index in [1.807, 2.05) is 0 Å². The van der Waals surface area contributed by atoms with E-state index < -0.39 is 0 Å². The first-order chi connectivity index (χ1) is 8.99. The minimum absolute atomic E-state index is 0.211. The Labute approximate surface area is 133 Å². The Balaban J connectivity index is 2.26. The molecule has 0 saturated heterocycles. The molecule has 0 unspecified atom stereocenters. The molecule has 2 rings (SSSR count). The minimum Gasteiger partial charge on any atom is -0.321 e. The number of carbonyl (C=O) groups excluding carboxylic acids is 1. The monoisotopic (exact) mass is 378 g/mol. The fraction of sp³-hybridized carbons (Fsp3) is 0. The number of nitrogens with one attached hydrogen (secondary N) is 1. The lowest BCUT2D eigenvalue weighted by Gasteiger charge is -2.08. The Morgan fingerprint density at radius 2 is 2.00 bits per heavy atom. The Hall–Kier alpha value is -0.810. The number of aromatic nitrogens is 1. The number of pyridine rings is 1. The lowest BCUT2D eigenvalue weighted by Crippen LogP contribution is -2.12. The largest absolute Gasteiger partial charge is 0.321 e. The molecule has 0 aliphatic carbocycles. The van der Waals surface area contributed by atoms with Gasteiger partial charge in [-0.25, -0.2) is 4.98 Å². The highest BCUT2D eigenvalue weighted by Crippen LogP contribution is 2.27. The van der Waals surface area contributed by atoms with Crippen molar-refractivity contribution in [1.29, 1.82) is 0 Å². The molecule has 0 atom stereocenters. The second kappa shape index (κ2) is 6.09. The highest BCUT2D eigenvalue weighted by atomic mass is 79.9. The van der Waals surface area contributed by atoms with Crippen LogP contribution in [0.4, 0.5) is 5.69 Å². The smallest absolute Gasteiger partial charge is 0.257 e. The highest BCUT2D eigenvalue weighted by molar-refractivity contribution is 9.10. The number of hydrogen-bond acceptors (Lipinski definition) is 2. The summed E-state index contributed by atoms with van der Waals surface area (Å²) >= 11 is 20.8. The van der Waals surface area contributed by atoms with E-state index in [9.17, 15) is 4.79 Å². The summed E-state index contributed by atoms with van der Waals surface area (Å²) in [4.78, 5) is 16.0. The van der Waals surface area contributed by atoms with Gasteiger partial charge in [0.2, 0.25) is 0 Å². The molecule has 1 aromatic carbocycles. The first-order valence-corrected chi connectivity index (χ1v) is 6.98. The first kappa shape index (κ1) is 14.6. The van der Waals surface area contributed by atoms with E-state index in [0.29, 0.717) is 25.9 Å². The van der Waals surface area contributed by atoms with E-state index in [0.717, 1.165) is 0 Å². The number of nitrogens with zero attached hydrogens (tertiary/aromatic N) is 1. The van der Waals surface area contributed by atoms with E-state index >= 15 is 0 Å². The summed E-state index contributed by atoms with van der Waals surface area (Å²) in [5, 5.41) is 3.51. The Bertz CT molecular complexity index is 649. The van der Waals surface area contributed by atoms with Crippen LogP contribution in [-0.2, 0) is 0 Å². The predicted octanol–water partition coefficient (Wildman–Crippen LogP) is 5.06. The molecule has 98 valence electrons. The normalized spacial score (nSPS) is 10.3. The van der Waals surface area contributed by atoms with Gasteiger partial charge >= 0.3 is 0 Å². The molecule has 1 aromatic heterocycles. The van der Waals surface area contributed by atoms with Crippen LogP contribution >= 0.6 is 50.7 Å². The van der Waals surface area contributed by atoms with Crippen LogP contribution in [0.2, 0.25) is 15.2 Å². The van der Waals surface area contributed by atoms with Crippen molar-refractivity contribution >= 4 is 62.3 Å². The van der Waals surface area contributed by atoms with Gasteiger partial charge in [0, 0.05) is 0 Å². The SMILES string of the molecule is O=C(Nc1cnc(Cl)c(Br)c1)c1cccc(Cl)c1Cl. The van der Waals surface area contributed by atoms with E-state index in [4.69, 9.17) is 34.8 Å². The summed E-state index contributed by atoms with van der Waals surface area (Å²) in [6.45, 7) is 0. The fourth-order valence-electron chi connectivity index (χ4n) is 1.37. The molecule has 3 nitrogen and oxygen atoms in total. The number of hydrogen-bond donors (Lipinski definition) is 1. The van der Waals surface area contributed by atoms with Crippen molar-refractivity contribution in [2.75, 3.05) is 5.32 Å². The third kappa shape index (κ3) is 3.39. The van der Waals surface area contributed by atoms with Crippen LogP contribution in [-0.4, -0.2) is 10.9 Å². The molecule has 1 N–H and O–H groups in total. The van der Waals surface area contributed by atoms with Crippen molar-refractivity contribution in [3.63, 3.8) is 0 Å². The van der Waals surface area contributed by atoms with E-state index in [1.165, 1.54) is 6.20 Å². The Morgan fingerprint density at radius 1 is 1.26 bits per heavy atom. The van der Waals surface area contributed by atoms with Crippen molar-refractivity contribution in [3.8, 4) is 0 Å². The van der Waals surface area contributed by atoms with E-state index in [-0.39, 0.29) is 10.9 Å². The molecule has 1 amide bonds. The van der Waals surface area contributed by atoms with Gasteiger partial charge < -0.3 is 5.32 Å². The molecule has 0 aliphatic heterocycles. The van der Waals surface area contributed by atoms with Crippen LogP contribution in [0.5, 0.6) is 0 Å². The van der Waals surface area contributed by atoms with Crippen LogP contribution in [0.1, 0.15) is 10.4 Å². The summed E-state index contributed by atoms with van der Waals surface area (Å²) in [5.41, 5.74) is 0.789. The maximum absolute atomic E-state index is 12.1. The van der Waals surface area contributed by atoms with Gasteiger partial charge in [0.05, 0.1) is 32.0 Å². The van der Waals surface area contributed by atoms with Crippen LogP contribution < -0.4 is 5.32 Å². The quantitative estimate of drug-likeness (QED) is 0.740. The van der Waals surface area contributed by atoms with Crippen molar-refractivity contribution in [3.05, 3.63) is 55.7 Å². The van der Waals surface area contributed by atoms with Gasteiger partial charge in [-0.05, 0) is 34.1 Å². The van der Waals surface area contributed by atoms with Gasteiger partial charge in [0.25, 0.3) is 5.91 Å². The van der Waals surface area contributed by atoms with Crippen molar-refractivity contribution in [2.45, 2.75) is 0 Å². The third-order valence-electron chi connectivity index (χ3n) is 2.25. The van der Waals surface area contributed by atoms with Crippen molar-refractivity contribution < 1.29 is 4.79 Å². The average molecular weight is 380 g/mol. The zero-order chi connectivity index (χ0) is 14.0. The van der Waals surface area contributed by atoms with E-state index in [1.54, 1.807) is 24.3 Å². The predicted molar refractivity (Wildman–Crippen MR) is 81.4 cm³/mol. The highest BCUT2D eigenvalue weighted by Gasteiger charge is 2.13. The van der Waals surface area contributed by atoms with Crippen molar-refractivity contribution in [1.82, 2.24) is 4.98 Å². The number of benzene rings is 1. The fourth-order valence-corrected chi connectivity index (χ4v) is 2.21. The Morgan fingerprint density at radius 3 is 2.68 bits per heavy atom. The zero-order valence-electron chi connectivity index (χ0n) is 9.25. The lowest BCUT2D eigenvalue weighted by molar-refractivity contribution is 0.102. The summed E-state index contributed by atoms with van der Waals surface area (Å²) < 4.78 is 0.587. The number of anilines is 1. The first-order valence-electron chi connectivity index (χ1n) is 5.05. The van der Waals surface area contributed by atoms with Crippen molar-refractivity contribution in [2.24, 2.45) is 0 Å². The third-order valence-corrected chi connectivity index (χ3v) is 4.20. The molecule has 0 spiro atoms. The lowest BCUT2D eigenvalue weighted by atomic mass is 10.2. The van der Waals surface area contributed by atoms with Crippen LogP contribution in [0.25, 0.3) is 0 Å². The second-order valence-corrected chi connectivity index (χ2v) is 5.55. The summed E-state index contributed by atoms with van der Waals surface area (Å²) in [6, 6.07) is 6.49. The zero-order valence-corrected chi connectivity index (χ0v) is 13.1. The standard InChI is InChI=1S/C12H6BrCl3N2O/c13-8-4-6(5-17-11(8)16)18-12(19)7-2-1-3-9(14)10(7)15/h1-5H,(H,18,19). The van der Waals surface area contributed by atoms with Gasteiger partial charge in [-0.2, -0.15) is 0 Å².